The van der Waals surface area contributed by atoms with Crippen molar-refractivity contribution in [2.24, 2.45) is 0 Å². The third-order valence-electron chi connectivity index (χ3n) is 3.51. The molecule has 2 rings (SSSR count). The normalized spacial score (nSPS) is 11.3. The van der Waals surface area contributed by atoms with Gasteiger partial charge >= 0.3 is 0 Å². The van der Waals surface area contributed by atoms with Gasteiger partial charge in [0.05, 0.1) is 7.11 Å². The fourth-order valence-corrected chi connectivity index (χ4v) is 2.39. The Balaban J connectivity index is 2.23. The molecule has 0 unspecified atom stereocenters. The highest BCUT2D eigenvalue weighted by Gasteiger charge is 2.18. The molecule has 0 amide bonds. The van der Waals surface area contributed by atoms with Crippen LogP contribution in [0.5, 0.6) is 11.5 Å². The molecular formula is C19H24O2. The minimum absolute atomic E-state index is 0.0628. The van der Waals surface area contributed by atoms with Gasteiger partial charge in [-0.15, -0.1) is 0 Å². The molecule has 0 radical (unpaired) electrons. The van der Waals surface area contributed by atoms with Gasteiger partial charge in [0.2, 0.25) is 0 Å². The predicted molar refractivity (Wildman–Crippen MR) is 87.2 cm³/mol. The molecule has 0 aliphatic heterocycles. The molecule has 0 saturated carbocycles. The lowest BCUT2D eigenvalue weighted by molar-refractivity contribution is 0.289. The van der Waals surface area contributed by atoms with Gasteiger partial charge in [0.25, 0.3) is 0 Å². The SMILES string of the molecule is COc1ccc(C)cc1COc1ccccc1C(C)(C)C. The van der Waals surface area contributed by atoms with Crippen molar-refractivity contribution in [1.29, 1.82) is 0 Å². The predicted octanol–water partition coefficient (Wildman–Crippen LogP) is 4.88. The summed E-state index contributed by atoms with van der Waals surface area (Å²) in [5.41, 5.74) is 3.56. The monoisotopic (exact) mass is 284 g/mol. The summed E-state index contributed by atoms with van der Waals surface area (Å²) in [5.74, 6) is 1.81. The van der Waals surface area contributed by atoms with E-state index in [0.717, 1.165) is 17.1 Å². The van der Waals surface area contributed by atoms with Gasteiger partial charge in [-0.1, -0.05) is 50.6 Å². The van der Waals surface area contributed by atoms with E-state index in [9.17, 15) is 0 Å². The lowest BCUT2D eigenvalue weighted by Crippen LogP contribution is -2.13. The van der Waals surface area contributed by atoms with Crippen molar-refractivity contribution in [1.82, 2.24) is 0 Å². The summed E-state index contributed by atoms with van der Waals surface area (Å²) in [7, 11) is 1.69. The van der Waals surface area contributed by atoms with Crippen molar-refractivity contribution in [3.8, 4) is 11.5 Å². The number of aryl methyl sites for hydroxylation is 1. The maximum absolute atomic E-state index is 6.07. The molecule has 0 heterocycles. The number of hydrogen-bond donors (Lipinski definition) is 0. The molecule has 2 aromatic carbocycles. The second-order valence-electron chi connectivity index (χ2n) is 6.35. The smallest absolute Gasteiger partial charge is 0.125 e. The van der Waals surface area contributed by atoms with Crippen LogP contribution in [0.3, 0.4) is 0 Å². The molecule has 21 heavy (non-hydrogen) atoms. The molecule has 2 heteroatoms. The lowest BCUT2D eigenvalue weighted by atomic mass is 9.86. The van der Waals surface area contributed by atoms with Crippen molar-refractivity contribution < 1.29 is 9.47 Å². The van der Waals surface area contributed by atoms with E-state index in [1.807, 2.05) is 24.3 Å². The van der Waals surface area contributed by atoms with Crippen LogP contribution < -0.4 is 9.47 Å². The Morgan fingerprint density at radius 1 is 0.952 bits per heavy atom. The fourth-order valence-electron chi connectivity index (χ4n) is 2.39. The molecule has 0 N–H and O–H groups in total. The highest BCUT2D eigenvalue weighted by atomic mass is 16.5. The van der Waals surface area contributed by atoms with Crippen LogP contribution in [0.4, 0.5) is 0 Å². The third-order valence-corrected chi connectivity index (χ3v) is 3.51. The Hall–Kier alpha value is -1.96. The summed E-state index contributed by atoms with van der Waals surface area (Å²) in [6.45, 7) is 9.18. The summed E-state index contributed by atoms with van der Waals surface area (Å²) in [5, 5.41) is 0. The van der Waals surface area contributed by atoms with Gasteiger partial charge in [0.15, 0.2) is 0 Å². The minimum atomic E-state index is 0.0628. The largest absolute Gasteiger partial charge is 0.496 e. The molecule has 2 nitrogen and oxygen atoms in total. The Labute approximate surface area is 127 Å². The molecule has 0 aromatic heterocycles. The van der Waals surface area contributed by atoms with E-state index < -0.39 is 0 Å². The zero-order valence-electron chi connectivity index (χ0n) is 13.6. The fraction of sp³-hybridized carbons (Fsp3) is 0.368. The van der Waals surface area contributed by atoms with Crippen LogP contribution in [-0.2, 0) is 12.0 Å². The zero-order chi connectivity index (χ0) is 15.5. The van der Waals surface area contributed by atoms with Gasteiger partial charge in [-0.2, -0.15) is 0 Å². The topological polar surface area (TPSA) is 18.5 Å². The van der Waals surface area contributed by atoms with Gasteiger partial charge in [-0.25, -0.2) is 0 Å². The average molecular weight is 284 g/mol. The van der Waals surface area contributed by atoms with E-state index in [0.29, 0.717) is 6.61 Å². The zero-order valence-corrected chi connectivity index (χ0v) is 13.6. The number of ether oxygens (including phenoxy) is 2. The van der Waals surface area contributed by atoms with E-state index in [2.05, 4.69) is 45.9 Å². The number of hydrogen-bond acceptors (Lipinski definition) is 2. The summed E-state index contributed by atoms with van der Waals surface area (Å²) in [4.78, 5) is 0. The maximum Gasteiger partial charge on any atom is 0.125 e. The molecule has 0 aliphatic rings. The van der Waals surface area contributed by atoms with Crippen LogP contribution in [0.2, 0.25) is 0 Å². The van der Waals surface area contributed by atoms with E-state index in [4.69, 9.17) is 9.47 Å². The molecule has 112 valence electrons. The Bertz CT molecular complexity index is 609. The Morgan fingerprint density at radius 2 is 1.67 bits per heavy atom. The van der Waals surface area contributed by atoms with Crippen LogP contribution in [0.1, 0.15) is 37.5 Å². The molecule has 0 bridgehead atoms. The van der Waals surface area contributed by atoms with Crippen LogP contribution in [0, 0.1) is 6.92 Å². The Morgan fingerprint density at radius 3 is 2.33 bits per heavy atom. The number of rotatable bonds is 4. The van der Waals surface area contributed by atoms with Crippen molar-refractivity contribution in [3.05, 3.63) is 59.2 Å². The first kappa shape index (κ1) is 15.4. The lowest BCUT2D eigenvalue weighted by Gasteiger charge is -2.23. The number of methoxy groups -OCH3 is 1. The molecule has 0 spiro atoms. The first-order valence-corrected chi connectivity index (χ1v) is 7.27. The van der Waals surface area contributed by atoms with Crippen LogP contribution in [-0.4, -0.2) is 7.11 Å². The second kappa shape index (κ2) is 6.21. The summed E-state index contributed by atoms with van der Waals surface area (Å²) in [6, 6.07) is 14.4. The molecule has 0 atom stereocenters. The van der Waals surface area contributed by atoms with Crippen molar-refractivity contribution in [2.45, 2.75) is 39.7 Å². The summed E-state index contributed by atoms with van der Waals surface area (Å²) < 4.78 is 11.5. The van der Waals surface area contributed by atoms with Crippen LogP contribution >= 0.6 is 0 Å². The maximum atomic E-state index is 6.07. The molecular weight excluding hydrogens is 260 g/mol. The summed E-state index contributed by atoms with van der Waals surface area (Å²) in [6.07, 6.45) is 0. The highest BCUT2D eigenvalue weighted by Crippen LogP contribution is 2.32. The minimum Gasteiger partial charge on any atom is -0.496 e. The molecule has 0 fully saturated rings. The quantitative estimate of drug-likeness (QED) is 0.796. The van der Waals surface area contributed by atoms with Gasteiger partial charge in [-0.05, 0) is 36.1 Å². The van der Waals surface area contributed by atoms with E-state index >= 15 is 0 Å². The van der Waals surface area contributed by atoms with Gasteiger partial charge in [0.1, 0.15) is 18.1 Å². The number of para-hydroxylation sites is 1. The van der Waals surface area contributed by atoms with E-state index in [-0.39, 0.29) is 5.41 Å². The van der Waals surface area contributed by atoms with Gasteiger partial charge < -0.3 is 9.47 Å². The highest BCUT2D eigenvalue weighted by molar-refractivity contribution is 5.40. The average Bonchev–Trinajstić information content (AvgIpc) is 2.44. The first-order valence-electron chi connectivity index (χ1n) is 7.27. The third kappa shape index (κ3) is 3.78. The molecule has 0 saturated heterocycles. The van der Waals surface area contributed by atoms with Gasteiger partial charge in [0, 0.05) is 5.56 Å². The standard InChI is InChI=1S/C19H24O2/c1-14-10-11-17(20-5)15(12-14)13-21-18-9-7-6-8-16(18)19(2,3)4/h6-12H,13H2,1-5H3. The molecule has 2 aromatic rings. The van der Waals surface area contributed by atoms with Crippen LogP contribution in [0.15, 0.2) is 42.5 Å². The number of benzene rings is 2. The second-order valence-corrected chi connectivity index (χ2v) is 6.35. The Kier molecular flexibility index (Phi) is 4.56. The molecule has 0 aliphatic carbocycles. The first-order chi connectivity index (χ1) is 9.91. The van der Waals surface area contributed by atoms with Crippen molar-refractivity contribution in [2.75, 3.05) is 7.11 Å². The van der Waals surface area contributed by atoms with Crippen molar-refractivity contribution >= 4 is 0 Å². The van der Waals surface area contributed by atoms with Crippen molar-refractivity contribution in [3.63, 3.8) is 0 Å². The van der Waals surface area contributed by atoms with Gasteiger partial charge in [-0.3, -0.25) is 0 Å². The van der Waals surface area contributed by atoms with Crippen LogP contribution in [0.25, 0.3) is 0 Å². The summed E-state index contributed by atoms with van der Waals surface area (Å²) >= 11 is 0. The van der Waals surface area contributed by atoms with E-state index in [1.54, 1.807) is 7.11 Å². The van der Waals surface area contributed by atoms with E-state index in [1.165, 1.54) is 11.1 Å².